The third-order valence-corrected chi connectivity index (χ3v) is 7.82. The molecular formula is C20H34O3. The summed E-state index contributed by atoms with van der Waals surface area (Å²) in [6.07, 6.45) is 7.78. The summed E-state index contributed by atoms with van der Waals surface area (Å²) in [5.74, 6) is 0.445. The van der Waals surface area contributed by atoms with Crippen LogP contribution in [0.15, 0.2) is 12.7 Å². The van der Waals surface area contributed by atoms with Crippen molar-refractivity contribution in [3.63, 3.8) is 0 Å². The molecule has 23 heavy (non-hydrogen) atoms. The molecule has 0 bridgehead atoms. The van der Waals surface area contributed by atoms with Gasteiger partial charge in [-0.2, -0.15) is 0 Å². The standard InChI is InChI=1S/C20H34O3/c1-7-20(22-6)13-9-15-18(4)11-10-16(21)17(2,3)14(18)8-12-19(15,5)23-20/h7,14-16,21H,1,8-13H2,2-6H3/t14?,15?,16-,18-,19+,20+/m1/s1. The number of hydrogen-bond donors (Lipinski definition) is 1. The zero-order valence-corrected chi connectivity index (χ0v) is 15.5. The Bertz CT molecular complexity index is 487. The van der Waals surface area contributed by atoms with E-state index in [0.717, 1.165) is 38.5 Å². The molecule has 0 radical (unpaired) electrons. The van der Waals surface area contributed by atoms with Crippen LogP contribution in [-0.2, 0) is 9.47 Å². The number of rotatable bonds is 2. The van der Waals surface area contributed by atoms with Gasteiger partial charge in [0, 0.05) is 13.5 Å². The normalized spacial score (nSPS) is 52.3. The van der Waals surface area contributed by atoms with E-state index in [2.05, 4.69) is 34.3 Å². The van der Waals surface area contributed by atoms with Crippen LogP contribution in [0.1, 0.15) is 66.2 Å². The molecule has 1 heterocycles. The average molecular weight is 322 g/mol. The summed E-state index contributed by atoms with van der Waals surface area (Å²) < 4.78 is 12.3. The van der Waals surface area contributed by atoms with Crippen molar-refractivity contribution in [2.45, 2.75) is 83.7 Å². The Labute approximate surface area is 141 Å². The third-order valence-electron chi connectivity index (χ3n) is 7.82. The monoisotopic (exact) mass is 322 g/mol. The molecule has 0 amide bonds. The van der Waals surface area contributed by atoms with E-state index in [4.69, 9.17) is 9.47 Å². The molecule has 3 fully saturated rings. The minimum atomic E-state index is -0.627. The molecule has 1 aliphatic heterocycles. The summed E-state index contributed by atoms with van der Waals surface area (Å²) in [5.41, 5.74) is 0.0609. The van der Waals surface area contributed by atoms with Crippen molar-refractivity contribution >= 4 is 0 Å². The summed E-state index contributed by atoms with van der Waals surface area (Å²) in [4.78, 5) is 0. The number of ether oxygens (including phenoxy) is 2. The lowest BCUT2D eigenvalue weighted by molar-refractivity contribution is -0.326. The highest BCUT2D eigenvalue weighted by molar-refractivity contribution is 5.13. The first-order valence-corrected chi connectivity index (χ1v) is 9.20. The third kappa shape index (κ3) is 2.34. The van der Waals surface area contributed by atoms with Crippen molar-refractivity contribution in [3.05, 3.63) is 12.7 Å². The van der Waals surface area contributed by atoms with Gasteiger partial charge in [0.2, 0.25) is 0 Å². The second-order valence-corrected chi connectivity index (χ2v) is 9.20. The molecule has 2 saturated carbocycles. The van der Waals surface area contributed by atoms with Gasteiger partial charge in [-0.1, -0.05) is 27.4 Å². The summed E-state index contributed by atoms with van der Waals surface area (Å²) in [7, 11) is 1.72. The molecule has 2 aliphatic carbocycles. The Morgan fingerprint density at radius 2 is 1.70 bits per heavy atom. The zero-order valence-electron chi connectivity index (χ0n) is 15.5. The second-order valence-electron chi connectivity index (χ2n) is 9.20. The molecule has 3 heteroatoms. The van der Waals surface area contributed by atoms with Crippen LogP contribution in [-0.4, -0.2) is 29.7 Å². The van der Waals surface area contributed by atoms with Gasteiger partial charge in [0.1, 0.15) is 0 Å². The largest absolute Gasteiger partial charge is 0.393 e. The van der Waals surface area contributed by atoms with Gasteiger partial charge in [0.15, 0.2) is 5.79 Å². The number of aliphatic hydroxyl groups is 1. The molecule has 3 rings (SSSR count). The summed E-state index contributed by atoms with van der Waals surface area (Å²) in [6.45, 7) is 13.2. The predicted octanol–water partition coefficient (Wildman–Crippen LogP) is 4.30. The van der Waals surface area contributed by atoms with Gasteiger partial charge in [-0.25, -0.2) is 0 Å². The Balaban J connectivity index is 1.94. The fraction of sp³-hybridized carbons (Fsp3) is 0.900. The Kier molecular flexibility index (Phi) is 4.02. The Hall–Kier alpha value is -0.380. The van der Waals surface area contributed by atoms with Crippen LogP contribution < -0.4 is 0 Å². The molecule has 0 aromatic heterocycles. The molecule has 0 spiro atoms. The van der Waals surface area contributed by atoms with E-state index in [1.54, 1.807) is 7.11 Å². The predicted molar refractivity (Wildman–Crippen MR) is 92.0 cm³/mol. The SMILES string of the molecule is C=C[C@@]1(OC)CCC2[C@]3(C)CC[C@@H](O)C(C)(C)C3CC[C@]2(C)O1. The van der Waals surface area contributed by atoms with Crippen molar-refractivity contribution in [3.8, 4) is 0 Å². The van der Waals surface area contributed by atoms with Gasteiger partial charge >= 0.3 is 0 Å². The van der Waals surface area contributed by atoms with E-state index in [-0.39, 0.29) is 22.5 Å². The number of hydrogen-bond acceptors (Lipinski definition) is 3. The van der Waals surface area contributed by atoms with Gasteiger partial charge < -0.3 is 14.6 Å². The molecule has 132 valence electrons. The molecule has 0 aromatic rings. The maximum atomic E-state index is 10.5. The first kappa shape index (κ1) is 17.4. The molecule has 0 aromatic carbocycles. The fourth-order valence-electron chi connectivity index (χ4n) is 6.42. The first-order valence-electron chi connectivity index (χ1n) is 9.20. The lowest BCUT2D eigenvalue weighted by atomic mass is 9.44. The van der Waals surface area contributed by atoms with Gasteiger partial charge in [-0.15, -0.1) is 0 Å². The van der Waals surface area contributed by atoms with Crippen LogP contribution in [0, 0.1) is 22.7 Å². The summed E-state index contributed by atoms with van der Waals surface area (Å²) in [6, 6.07) is 0. The van der Waals surface area contributed by atoms with Gasteiger partial charge in [0.05, 0.1) is 11.7 Å². The molecule has 3 nitrogen and oxygen atoms in total. The van der Waals surface area contributed by atoms with E-state index in [0.29, 0.717) is 11.8 Å². The smallest absolute Gasteiger partial charge is 0.187 e. The van der Waals surface area contributed by atoms with E-state index in [1.165, 1.54) is 0 Å². The van der Waals surface area contributed by atoms with Crippen molar-refractivity contribution in [2.75, 3.05) is 7.11 Å². The lowest BCUT2D eigenvalue weighted by Crippen LogP contribution is -2.64. The van der Waals surface area contributed by atoms with Crippen molar-refractivity contribution < 1.29 is 14.6 Å². The molecular weight excluding hydrogens is 288 g/mol. The number of methoxy groups -OCH3 is 1. The minimum absolute atomic E-state index is 0.0114. The van der Waals surface area contributed by atoms with Gasteiger partial charge in [-0.05, 0) is 67.8 Å². The van der Waals surface area contributed by atoms with E-state index in [1.807, 2.05) is 6.08 Å². The number of fused-ring (bicyclic) bond motifs is 3. The number of aliphatic hydroxyl groups excluding tert-OH is 1. The van der Waals surface area contributed by atoms with Crippen LogP contribution >= 0.6 is 0 Å². The van der Waals surface area contributed by atoms with Gasteiger partial charge in [0.25, 0.3) is 0 Å². The zero-order chi connectivity index (χ0) is 17.1. The molecule has 1 N–H and O–H groups in total. The minimum Gasteiger partial charge on any atom is -0.393 e. The van der Waals surface area contributed by atoms with Crippen LogP contribution in [0.25, 0.3) is 0 Å². The summed E-state index contributed by atoms with van der Waals surface area (Å²) in [5, 5.41) is 10.5. The Morgan fingerprint density at radius 1 is 1.04 bits per heavy atom. The highest BCUT2D eigenvalue weighted by Crippen LogP contribution is 2.65. The lowest BCUT2D eigenvalue weighted by Gasteiger charge is -2.65. The quantitative estimate of drug-likeness (QED) is 0.771. The van der Waals surface area contributed by atoms with Crippen molar-refractivity contribution in [1.29, 1.82) is 0 Å². The maximum Gasteiger partial charge on any atom is 0.187 e. The fourth-order valence-corrected chi connectivity index (χ4v) is 6.42. The van der Waals surface area contributed by atoms with Gasteiger partial charge in [-0.3, -0.25) is 0 Å². The van der Waals surface area contributed by atoms with Crippen molar-refractivity contribution in [2.24, 2.45) is 22.7 Å². The topological polar surface area (TPSA) is 38.7 Å². The van der Waals surface area contributed by atoms with Crippen molar-refractivity contribution in [1.82, 2.24) is 0 Å². The van der Waals surface area contributed by atoms with E-state index >= 15 is 0 Å². The average Bonchev–Trinajstić information content (AvgIpc) is 2.50. The molecule has 1 saturated heterocycles. The van der Waals surface area contributed by atoms with Crippen LogP contribution in [0.2, 0.25) is 0 Å². The Morgan fingerprint density at radius 3 is 2.30 bits per heavy atom. The van der Waals surface area contributed by atoms with Crippen LogP contribution in [0.5, 0.6) is 0 Å². The van der Waals surface area contributed by atoms with Crippen LogP contribution in [0.3, 0.4) is 0 Å². The molecule has 6 atom stereocenters. The molecule has 3 aliphatic rings. The first-order chi connectivity index (χ1) is 10.6. The second kappa shape index (κ2) is 5.31. The highest BCUT2D eigenvalue weighted by atomic mass is 16.7. The van der Waals surface area contributed by atoms with Crippen LogP contribution in [0.4, 0.5) is 0 Å². The van der Waals surface area contributed by atoms with E-state index in [9.17, 15) is 5.11 Å². The van der Waals surface area contributed by atoms with E-state index < -0.39 is 5.79 Å². The maximum absolute atomic E-state index is 10.5. The molecule has 2 unspecified atom stereocenters. The summed E-state index contributed by atoms with van der Waals surface area (Å²) >= 11 is 0. The highest BCUT2D eigenvalue weighted by Gasteiger charge is 2.63.